The second kappa shape index (κ2) is 17.3. The van der Waals surface area contributed by atoms with Crippen LogP contribution >= 0.6 is 0 Å². The van der Waals surface area contributed by atoms with Crippen LogP contribution in [0.5, 0.6) is 11.5 Å². The smallest absolute Gasteiger partial charge is 0.373 e. The van der Waals surface area contributed by atoms with E-state index in [1.54, 1.807) is 48.5 Å². The van der Waals surface area contributed by atoms with Gasteiger partial charge in [0.2, 0.25) is 0 Å². The number of hydrogen-bond donors (Lipinski definition) is 0. The van der Waals surface area contributed by atoms with E-state index in [0.717, 1.165) is 25.7 Å². The lowest BCUT2D eigenvalue weighted by Crippen LogP contribution is -2.16. The highest BCUT2D eigenvalue weighted by Gasteiger charge is 2.21. The molecule has 0 amide bonds. The Balaban J connectivity index is 1.83. The van der Waals surface area contributed by atoms with Crippen molar-refractivity contribution < 1.29 is 38.6 Å². The molecule has 0 aliphatic carbocycles. The molecule has 0 unspecified atom stereocenters. The van der Waals surface area contributed by atoms with Crippen molar-refractivity contribution in [3.63, 3.8) is 0 Å². The van der Waals surface area contributed by atoms with Crippen molar-refractivity contribution in [3.05, 3.63) is 72.9 Å². The van der Waals surface area contributed by atoms with Gasteiger partial charge in [0.15, 0.2) is 0 Å². The molecule has 0 saturated carbocycles. The third-order valence-electron chi connectivity index (χ3n) is 5.45. The van der Waals surface area contributed by atoms with E-state index in [2.05, 4.69) is 6.92 Å². The van der Waals surface area contributed by atoms with Gasteiger partial charge in [0.1, 0.15) is 11.5 Å². The minimum Gasteiger partial charge on any atom is -0.497 e. The topological polar surface area (TPSA) is 89.5 Å². The fourth-order valence-electron chi connectivity index (χ4n) is 3.32. The summed E-state index contributed by atoms with van der Waals surface area (Å²) >= 11 is 0. The number of unbranched alkanes of at least 4 members (excludes halogenated alkanes) is 8. The lowest BCUT2D eigenvalue weighted by Gasteiger charge is -2.14. The van der Waals surface area contributed by atoms with Crippen molar-refractivity contribution in [2.24, 2.45) is 0 Å². The zero-order valence-electron chi connectivity index (χ0n) is 21.2. The molecule has 0 aliphatic heterocycles. The first-order valence-electron chi connectivity index (χ1n) is 12.3. The number of hydrogen-bond acceptors (Lipinski definition) is 8. The third kappa shape index (κ3) is 11.1. The van der Waals surface area contributed by atoms with Gasteiger partial charge in [-0.1, -0.05) is 58.3 Å². The molecule has 0 saturated heterocycles. The molecule has 2 radical (unpaired) electrons. The quantitative estimate of drug-likeness (QED) is 0.125. The monoisotopic (exact) mass is 500 g/mol. The van der Waals surface area contributed by atoms with Gasteiger partial charge in [-0.15, -0.1) is 9.78 Å². The third-order valence-corrected chi connectivity index (χ3v) is 5.45. The SMILES string of the molecule is [CH2]CCCCCCCCCC[C](OOC(=O)c1ccc(OC)cc1)OOC(=O)c1ccc(OC)cc1. The van der Waals surface area contributed by atoms with Gasteiger partial charge in [-0.2, -0.15) is 0 Å². The minimum atomic E-state index is -0.720. The van der Waals surface area contributed by atoms with Crippen LogP contribution in [0.2, 0.25) is 0 Å². The molecule has 2 aromatic carbocycles. The first-order valence-corrected chi connectivity index (χ1v) is 12.3. The zero-order valence-corrected chi connectivity index (χ0v) is 21.2. The summed E-state index contributed by atoms with van der Waals surface area (Å²) in [6, 6.07) is 12.7. The molecule has 0 spiro atoms. The van der Waals surface area contributed by atoms with Crippen molar-refractivity contribution in [2.75, 3.05) is 14.2 Å². The van der Waals surface area contributed by atoms with E-state index >= 15 is 0 Å². The van der Waals surface area contributed by atoms with Crippen LogP contribution < -0.4 is 9.47 Å². The van der Waals surface area contributed by atoms with Crippen molar-refractivity contribution in [1.29, 1.82) is 0 Å². The van der Waals surface area contributed by atoms with Gasteiger partial charge >= 0.3 is 18.2 Å². The van der Waals surface area contributed by atoms with E-state index in [0.29, 0.717) is 24.3 Å². The van der Waals surface area contributed by atoms with Crippen LogP contribution in [0.25, 0.3) is 0 Å². The molecule has 2 rings (SSSR count). The average molecular weight is 501 g/mol. The van der Waals surface area contributed by atoms with E-state index in [-0.39, 0.29) is 17.4 Å². The van der Waals surface area contributed by atoms with Crippen LogP contribution in [-0.2, 0) is 19.6 Å². The summed E-state index contributed by atoms with van der Waals surface area (Å²) in [6.45, 7) is 3.86. The minimum absolute atomic E-state index is 0.117. The highest BCUT2D eigenvalue weighted by Crippen LogP contribution is 2.21. The van der Waals surface area contributed by atoms with Crippen LogP contribution in [0.15, 0.2) is 48.5 Å². The highest BCUT2D eigenvalue weighted by atomic mass is 17.3. The van der Waals surface area contributed by atoms with E-state index in [4.69, 9.17) is 29.0 Å². The molecule has 2 aromatic rings. The summed E-state index contributed by atoms with van der Waals surface area (Å²) < 4.78 is 10.2. The Hall–Kier alpha value is -3.10. The van der Waals surface area contributed by atoms with E-state index in [9.17, 15) is 9.59 Å². The Bertz CT molecular complexity index is 816. The normalized spacial score (nSPS) is 10.8. The predicted molar refractivity (Wildman–Crippen MR) is 134 cm³/mol. The Morgan fingerprint density at radius 3 is 1.36 bits per heavy atom. The van der Waals surface area contributed by atoms with Crippen LogP contribution in [0.3, 0.4) is 0 Å². The molecule has 8 nitrogen and oxygen atoms in total. The maximum Gasteiger partial charge on any atom is 0.373 e. The van der Waals surface area contributed by atoms with Gasteiger partial charge in [-0.05, 0) is 55.0 Å². The lowest BCUT2D eigenvalue weighted by molar-refractivity contribution is -0.363. The molecule has 0 fully saturated rings. The van der Waals surface area contributed by atoms with Gasteiger partial charge < -0.3 is 9.47 Å². The summed E-state index contributed by atoms with van der Waals surface area (Å²) in [5, 5.41) is 0. The molecular weight excluding hydrogens is 464 g/mol. The maximum absolute atomic E-state index is 12.3. The number of methoxy groups -OCH3 is 2. The maximum atomic E-state index is 12.3. The Kier molecular flexibility index (Phi) is 14.0. The average Bonchev–Trinajstić information content (AvgIpc) is 2.92. The largest absolute Gasteiger partial charge is 0.497 e. The fourth-order valence-corrected chi connectivity index (χ4v) is 3.32. The Morgan fingerprint density at radius 2 is 0.972 bits per heavy atom. The second-order valence-electron chi connectivity index (χ2n) is 8.17. The van der Waals surface area contributed by atoms with Gasteiger partial charge in [-0.25, -0.2) is 9.59 Å². The summed E-state index contributed by atoms with van der Waals surface area (Å²) in [4.78, 5) is 44.7. The number of ether oxygens (including phenoxy) is 2. The van der Waals surface area contributed by atoms with E-state index < -0.39 is 11.9 Å². The summed E-state index contributed by atoms with van der Waals surface area (Å²) in [6.07, 6.45) is 9.86. The summed E-state index contributed by atoms with van der Waals surface area (Å²) in [7, 11) is 3.07. The van der Waals surface area contributed by atoms with Crippen LogP contribution in [0, 0.1) is 13.2 Å². The zero-order chi connectivity index (χ0) is 26.0. The van der Waals surface area contributed by atoms with Gasteiger partial charge in [0, 0.05) is 6.42 Å². The van der Waals surface area contributed by atoms with Crippen molar-refractivity contribution in [3.8, 4) is 11.5 Å². The molecular formula is C28H36O8. The second-order valence-corrected chi connectivity index (χ2v) is 8.17. The molecule has 8 heteroatoms. The molecule has 0 aromatic heterocycles. The van der Waals surface area contributed by atoms with Gasteiger partial charge in [0.25, 0.3) is 0 Å². The molecule has 0 aliphatic rings. The number of rotatable bonds is 18. The molecule has 0 heterocycles. The molecule has 196 valence electrons. The van der Waals surface area contributed by atoms with Gasteiger partial charge in [0.05, 0.1) is 25.3 Å². The van der Waals surface area contributed by atoms with Crippen molar-refractivity contribution >= 4 is 11.9 Å². The van der Waals surface area contributed by atoms with Crippen molar-refractivity contribution in [2.45, 2.75) is 64.2 Å². The standard InChI is InChI=1S/C28H36O8/c1-4-5-6-7-8-9-10-11-12-13-26(33-35-27(29)22-14-18-24(31-2)19-15-22)34-36-28(30)23-16-20-25(32-3)21-17-23/h14-21H,1,4-13H2,2-3H3. The van der Waals surface area contributed by atoms with Crippen LogP contribution in [0.1, 0.15) is 84.9 Å². The number of benzene rings is 2. The number of carbonyl (C=O) groups excluding carboxylic acids is 2. The lowest BCUT2D eigenvalue weighted by atomic mass is 10.1. The van der Waals surface area contributed by atoms with Crippen LogP contribution in [-0.4, -0.2) is 26.2 Å². The Labute approximate surface area is 213 Å². The van der Waals surface area contributed by atoms with E-state index in [1.165, 1.54) is 39.9 Å². The molecule has 0 bridgehead atoms. The molecule has 0 atom stereocenters. The summed E-state index contributed by atoms with van der Waals surface area (Å²) in [5.41, 5.74) is 0.536. The predicted octanol–water partition coefficient (Wildman–Crippen LogP) is 6.81. The first-order chi connectivity index (χ1) is 17.6. The fraction of sp³-hybridized carbons (Fsp3) is 0.429. The van der Waals surface area contributed by atoms with Gasteiger partial charge in [-0.3, -0.25) is 9.78 Å². The van der Waals surface area contributed by atoms with E-state index in [1.807, 2.05) is 0 Å². The first kappa shape index (κ1) is 29.1. The summed E-state index contributed by atoms with van der Waals surface area (Å²) in [5.74, 6) is -0.225. The Morgan fingerprint density at radius 1 is 0.583 bits per heavy atom. The highest BCUT2D eigenvalue weighted by molar-refractivity contribution is 5.89. The molecule has 36 heavy (non-hydrogen) atoms. The van der Waals surface area contributed by atoms with Crippen LogP contribution in [0.4, 0.5) is 0 Å². The number of carbonyl (C=O) groups is 2. The van der Waals surface area contributed by atoms with Crippen molar-refractivity contribution in [1.82, 2.24) is 0 Å². The molecule has 0 N–H and O–H groups in total.